The fraction of sp³-hybridized carbons (Fsp3) is 0.435. The summed E-state index contributed by atoms with van der Waals surface area (Å²) in [6.07, 6.45) is 1.05. The zero-order valence-electron chi connectivity index (χ0n) is 16.2. The molecule has 0 unspecified atom stereocenters. The zero-order valence-corrected chi connectivity index (χ0v) is 16.2. The van der Waals surface area contributed by atoms with Crippen LogP contribution in [-0.4, -0.2) is 48.5 Å². The summed E-state index contributed by atoms with van der Waals surface area (Å²) in [5.74, 6) is 1.93. The minimum absolute atomic E-state index is 0.201. The van der Waals surface area contributed by atoms with Crippen molar-refractivity contribution in [3.05, 3.63) is 65.7 Å². The van der Waals surface area contributed by atoms with Crippen LogP contribution in [0.15, 0.2) is 54.6 Å². The van der Waals surface area contributed by atoms with Gasteiger partial charge in [0.15, 0.2) is 0 Å². The van der Waals surface area contributed by atoms with Gasteiger partial charge in [-0.05, 0) is 29.7 Å². The Bertz CT molecular complexity index is 792. The highest BCUT2D eigenvalue weighted by molar-refractivity contribution is 5.74. The quantitative estimate of drug-likeness (QED) is 0.832. The molecule has 0 spiro atoms. The number of hydrogen-bond donors (Lipinski definition) is 0. The van der Waals surface area contributed by atoms with Gasteiger partial charge in [-0.3, -0.25) is 9.69 Å². The average Bonchev–Trinajstić information content (AvgIpc) is 3.08. The predicted octanol–water partition coefficient (Wildman–Crippen LogP) is 3.53. The second-order valence-corrected chi connectivity index (χ2v) is 7.80. The van der Waals surface area contributed by atoms with Crippen molar-refractivity contribution >= 4 is 5.91 Å². The topological polar surface area (TPSA) is 32.8 Å². The van der Waals surface area contributed by atoms with Gasteiger partial charge in [0.05, 0.1) is 7.11 Å². The van der Waals surface area contributed by atoms with E-state index in [1.165, 1.54) is 11.1 Å². The molecule has 2 fully saturated rings. The summed E-state index contributed by atoms with van der Waals surface area (Å²) in [6.45, 7) is 5.59. The van der Waals surface area contributed by atoms with Gasteiger partial charge in [0.2, 0.25) is 5.91 Å². The van der Waals surface area contributed by atoms with Gasteiger partial charge < -0.3 is 9.64 Å². The summed E-state index contributed by atoms with van der Waals surface area (Å²) in [5, 5.41) is 0. The highest BCUT2D eigenvalue weighted by atomic mass is 16.5. The number of amides is 1. The second kappa shape index (κ2) is 7.73. The SMILES string of the molecule is COc1cccc([C@H]2CN(C(C)=O)[C@@H]3CCN(Cc4ccccc4)C[C@H]23)c1. The Morgan fingerprint density at radius 3 is 2.67 bits per heavy atom. The molecular formula is C23H28N2O2. The van der Waals surface area contributed by atoms with Crippen LogP contribution in [0.1, 0.15) is 30.4 Å². The van der Waals surface area contributed by atoms with Crippen molar-refractivity contribution in [3.63, 3.8) is 0 Å². The number of ether oxygens (including phenoxy) is 1. The Morgan fingerprint density at radius 2 is 1.93 bits per heavy atom. The van der Waals surface area contributed by atoms with E-state index in [1.54, 1.807) is 14.0 Å². The van der Waals surface area contributed by atoms with Crippen LogP contribution in [0.2, 0.25) is 0 Å². The maximum absolute atomic E-state index is 12.3. The summed E-state index contributed by atoms with van der Waals surface area (Å²) in [4.78, 5) is 16.9. The lowest BCUT2D eigenvalue weighted by atomic mass is 9.81. The molecule has 3 atom stereocenters. The van der Waals surface area contributed by atoms with Gasteiger partial charge in [0.1, 0.15) is 5.75 Å². The van der Waals surface area contributed by atoms with Crippen LogP contribution < -0.4 is 4.74 Å². The maximum Gasteiger partial charge on any atom is 0.219 e. The molecule has 142 valence electrons. The molecule has 4 nitrogen and oxygen atoms in total. The molecule has 2 aromatic carbocycles. The van der Waals surface area contributed by atoms with Gasteiger partial charge in [-0.2, -0.15) is 0 Å². The van der Waals surface area contributed by atoms with E-state index in [9.17, 15) is 4.79 Å². The largest absolute Gasteiger partial charge is 0.497 e. The third-order valence-electron chi connectivity index (χ3n) is 6.19. The number of carbonyl (C=O) groups is 1. The zero-order chi connectivity index (χ0) is 18.8. The minimum Gasteiger partial charge on any atom is -0.497 e. The van der Waals surface area contributed by atoms with E-state index in [4.69, 9.17) is 4.74 Å². The number of hydrogen-bond acceptors (Lipinski definition) is 3. The van der Waals surface area contributed by atoms with Gasteiger partial charge in [-0.15, -0.1) is 0 Å². The van der Waals surface area contributed by atoms with Crippen molar-refractivity contribution in [2.24, 2.45) is 5.92 Å². The highest BCUT2D eigenvalue weighted by Crippen LogP contribution is 2.42. The molecule has 0 bridgehead atoms. The van der Waals surface area contributed by atoms with E-state index in [0.717, 1.165) is 38.3 Å². The van der Waals surface area contributed by atoms with Gasteiger partial charge >= 0.3 is 0 Å². The van der Waals surface area contributed by atoms with Crippen LogP contribution >= 0.6 is 0 Å². The Hall–Kier alpha value is -2.33. The van der Waals surface area contributed by atoms with Crippen LogP contribution in [0.3, 0.4) is 0 Å². The third-order valence-corrected chi connectivity index (χ3v) is 6.19. The van der Waals surface area contributed by atoms with E-state index in [1.807, 2.05) is 6.07 Å². The standard InChI is InChI=1S/C23H28N2O2/c1-17(26)25-16-21(19-9-6-10-20(13-19)27-2)22-15-24(12-11-23(22)25)14-18-7-4-3-5-8-18/h3-10,13,21-23H,11-12,14-16H2,1-2H3/t21-,22-,23-/m1/s1. The number of nitrogens with zero attached hydrogens (tertiary/aromatic N) is 2. The Morgan fingerprint density at radius 1 is 1.11 bits per heavy atom. The third kappa shape index (κ3) is 3.72. The molecular weight excluding hydrogens is 336 g/mol. The van der Waals surface area contributed by atoms with Crippen molar-refractivity contribution in [1.82, 2.24) is 9.80 Å². The molecule has 2 aliphatic rings. The molecule has 0 aromatic heterocycles. The first kappa shape index (κ1) is 18.1. The van der Waals surface area contributed by atoms with Gasteiger partial charge in [-0.1, -0.05) is 42.5 Å². The number of benzene rings is 2. The van der Waals surface area contributed by atoms with Crippen LogP contribution in [0.5, 0.6) is 5.75 Å². The lowest BCUT2D eigenvalue weighted by Crippen LogP contribution is -2.47. The highest BCUT2D eigenvalue weighted by Gasteiger charge is 2.46. The lowest BCUT2D eigenvalue weighted by Gasteiger charge is -2.38. The smallest absolute Gasteiger partial charge is 0.219 e. The van der Waals surface area contributed by atoms with E-state index in [0.29, 0.717) is 17.9 Å². The number of carbonyl (C=O) groups excluding carboxylic acids is 1. The number of methoxy groups -OCH3 is 1. The lowest BCUT2D eigenvalue weighted by molar-refractivity contribution is -0.130. The Labute approximate surface area is 161 Å². The molecule has 2 aliphatic heterocycles. The van der Waals surface area contributed by atoms with Gasteiger partial charge in [-0.25, -0.2) is 0 Å². The predicted molar refractivity (Wildman–Crippen MR) is 107 cm³/mol. The van der Waals surface area contributed by atoms with Crippen LogP contribution in [-0.2, 0) is 11.3 Å². The summed E-state index contributed by atoms with van der Waals surface area (Å²) < 4.78 is 5.43. The number of rotatable bonds is 4. The molecule has 1 amide bonds. The summed E-state index contributed by atoms with van der Waals surface area (Å²) in [5.41, 5.74) is 2.64. The van der Waals surface area contributed by atoms with Crippen LogP contribution in [0.4, 0.5) is 0 Å². The summed E-state index contributed by atoms with van der Waals surface area (Å²) in [7, 11) is 1.71. The molecule has 2 saturated heterocycles. The van der Waals surface area contributed by atoms with E-state index < -0.39 is 0 Å². The number of piperidine rings is 1. The molecule has 0 N–H and O–H groups in total. The molecule has 2 heterocycles. The van der Waals surface area contributed by atoms with Crippen molar-refractivity contribution in [2.75, 3.05) is 26.7 Å². The van der Waals surface area contributed by atoms with E-state index in [2.05, 4.69) is 58.3 Å². The molecule has 0 saturated carbocycles. The monoisotopic (exact) mass is 364 g/mol. The Kier molecular flexibility index (Phi) is 5.17. The summed E-state index contributed by atoms with van der Waals surface area (Å²) >= 11 is 0. The van der Waals surface area contributed by atoms with Crippen molar-refractivity contribution < 1.29 is 9.53 Å². The molecule has 27 heavy (non-hydrogen) atoms. The normalized spacial score (nSPS) is 25.3. The molecule has 0 aliphatic carbocycles. The molecule has 4 heteroatoms. The molecule has 2 aromatic rings. The summed E-state index contributed by atoms with van der Waals surface area (Å²) in [6, 6.07) is 19.4. The minimum atomic E-state index is 0.201. The second-order valence-electron chi connectivity index (χ2n) is 7.80. The maximum atomic E-state index is 12.3. The first-order valence-corrected chi connectivity index (χ1v) is 9.83. The van der Waals surface area contributed by atoms with Crippen LogP contribution in [0.25, 0.3) is 0 Å². The molecule has 4 rings (SSSR count). The van der Waals surface area contributed by atoms with E-state index in [-0.39, 0.29) is 5.91 Å². The number of fused-ring (bicyclic) bond motifs is 1. The van der Waals surface area contributed by atoms with Crippen molar-refractivity contribution in [3.8, 4) is 5.75 Å². The van der Waals surface area contributed by atoms with Crippen molar-refractivity contribution in [2.45, 2.75) is 31.8 Å². The Balaban J connectivity index is 1.57. The van der Waals surface area contributed by atoms with Crippen LogP contribution in [0, 0.1) is 5.92 Å². The van der Waals surface area contributed by atoms with Gasteiger partial charge in [0, 0.05) is 51.0 Å². The first-order valence-electron chi connectivity index (χ1n) is 9.83. The molecule has 0 radical (unpaired) electrons. The average molecular weight is 364 g/mol. The van der Waals surface area contributed by atoms with E-state index >= 15 is 0 Å². The fourth-order valence-electron chi connectivity index (χ4n) is 4.88. The number of likely N-dealkylation sites (tertiary alicyclic amines) is 2. The van der Waals surface area contributed by atoms with Gasteiger partial charge in [0.25, 0.3) is 0 Å². The fourth-order valence-corrected chi connectivity index (χ4v) is 4.88. The first-order chi connectivity index (χ1) is 13.2. The van der Waals surface area contributed by atoms with Crippen molar-refractivity contribution in [1.29, 1.82) is 0 Å².